The topological polar surface area (TPSA) is 75.6 Å². The second-order valence-corrected chi connectivity index (χ2v) is 8.87. The Hall–Kier alpha value is -2.44. The van der Waals surface area contributed by atoms with E-state index in [2.05, 4.69) is 21.2 Å². The van der Waals surface area contributed by atoms with Crippen molar-refractivity contribution in [2.75, 3.05) is 12.4 Å². The van der Waals surface area contributed by atoms with Crippen LogP contribution in [-0.4, -0.2) is 29.4 Å². The Morgan fingerprint density at radius 1 is 1.10 bits per heavy atom. The van der Waals surface area contributed by atoms with Crippen LogP contribution in [0.4, 0.5) is 5.69 Å². The molecule has 0 amide bonds. The smallest absolute Gasteiger partial charge is 0.158 e. The van der Waals surface area contributed by atoms with Crippen molar-refractivity contribution < 1.29 is 19.4 Å². The lowest BCUT2D eigenvalue weighted by atomic mass is 9.64. The number of allylic oxidation sites excluding steroid dienone is 1. The van der Waals surface area contributed by atoms with Gasteiger partial charge in [0.15, 0.2) is 5.78 Å². The van der Waals surface area contributed by atoms with Crippen molar-refractivity contribution >= 4 is 33.2 Å². The highest BCUT2D eigenvalue weighted by Gasteiger charge is 2.49. The highest BCUT2D eigenvalue weighted by molar-refractivity contribution is 9.10. The summed E-state index contributed by atoms with van der Waals surface area (Å²) in [6.07, 6.45) is 0.175. The van der Waals surface area contributed by atoms with Gasteiger partial charge in [0.1, 0.15) is 11.5 Å². The van der Waals surface area contributed by atoms with Gasteiger partial charge in [0.25, 0.3) is 0 Å². The summed E-state index contributed by atoms with van der Waals surface area (Å²) in [7, 11) is 1.58. The summed E-state index contributed by atoms with van der Waals surface area (Å²) >= 11 is 3.42. The molecule has 0 aromatic heterocycles. The van der Waals surface area contributed by atoms with Gasteiger partial charge >= 0.3 is 0 Å². The van der Waals surface area contributed by atoms with Crippen LogP contribution in [0.5, 0.6) is 5.75 Å². The first-order valence-corrected chi connectivity index (χ1v) is 10.6. The molecule has 0 unspecified atom stereocenters. The summed E-state index contributed by atoms with van der Waals surface area (Å²) in [5.41, 5.74) is 1.43. The molecule has 2 N–H and O–H groups in total. The monoisotopic (exact) mass is 471 g/mol. The molecule has 5 nitrogen and oxygen atoms in total. The third-order valence-corrected chi connectivity index (χ3v) is 6.13. The van der Waals surface area contributed by atoms with E-state index in [0.29, 0.717) is 17.0 Å². The minimum atomic E-state index is -1.31. The van der Waals surface area contributed by atoms with E-state index in [0.717, 1.165) is 15.7 Å². The Bertz CT molecular complexity index is 977. The minimum absolute atomic E-state index is 0.128. The number of carbonyl (C=O) groups is 2. The van der Waals surface area contributed by atoms with E-state index in [1.165, 1.54) is 13.8 Å². The zero-order chi connectivity index (χ0) is 22.1. The summed E-state index contributed by atoms with van der Waals surface area (Å²) in [5.74, 6) is -0.894. The van der Waals surface area contributed by atoms with Gasteiger partial charge < -0.3 is 15.2 Å². The molecule has 6 heteroatoms. The molecule has 3 atom stereocenters. The molecule has 0 radical (unpaired) electrons. The number of benzene rings is 2. The highest BCUT2D eigenvalue weighted by atomic mass is 79.9. The molecule has 3 rings (SSSR count). The van der Waals surface area contributed by atoms with Crippen LogP contribution in [0.15, 0.2) is 64.3 Å². The molecule has 0 spiro atoms. The van der Waals surface area contributed by atoms with Crippen LogP contribution < -0.4 is 10.1 Å². The number of anilines is 1. The fourth-order valence-electron chi connectivity index (χ4n) is 4.37. The van der Waals surface area contributed by atoms with Crippen LogP contribution in [0, 0.1) is 5.92 Å². The summed E-state index contributed by atoms with van der Waals surface area (Å²) in [6.45, 7) is 4.64. The Morgan fingerprint density at radius 2 is 1.70 bits per heavy atom. The standard InChI is InChI=1S/C24H26BrNO4/c1-14(27)21-20(26-18-9-7-17(25)8-10-18)13-24(3,29)23(15(2)28)22(21)16-5-11-19(30-4)12-6-16/h5-12,22-23,26,29H,13H2,1-4H3/t22-,23-,24-/m1/s1. The molecule has 2 aromatic rings. The van der Waals surface area contributed by atoms with E-state index in [9.17, 15) is 14.7 Å². The number of Topliss-reactive ketones (excluding diaryl/α,β-unsaturated/α-hetero) is 2. The average Bonchev–Trinajstić information content (AvgIpc) is 2.68. The molecule has 1 aliphatic carbocycles. The lowest BCUT2D eigenvalue weighted by molar-refractivity contribution is -0.131. The molecule has 0 saturated carbocycles. The number of hydrogen-bond donors (Lipinski definition) is 2. The van der Waals surface area contributed by atoms with Crippen LogP contribution in [-0.2, 0) is 9.59 Å². The third kappa shape index (κ3) is 4.50. The molecule has 30 heavy (non-hydrogen) atoms. The average molecular weight is 472 g/mol. The largest absolute Gasteiger partial charge is 0.497 e. The zero-order valence-corrected chi connectivity index (χ0v) is 19.1. The van der Waals surface area contributed by atoms with Gasteiger partial charge in [-0.2, -0.15) is 0 Å². The van der Waals surface area contributed by atoms with Gasteiger partial charge in [-0.1, -0.05) is 28.1 Å². The van der Waals surface area contributed by atoms with Crippen molar-refractivity contribution in [2.45, 2.75) is 38.7 Å². The maximum atomic E-state index is 12.8. The highest BCUT2D eigenvalue weighted by Crippen LogP contribution is 2.48. The lowest BCUT2D eigenvalue weighted by Crippen LogP contribution is -2.48. The first kappa shape index (κ1) is 22.2. The molecule has 2 aromatic carbocycles. The first-order valence-electron chi connectivity index (χ1n) is 9.77. The second kappa shape index (κ2) is 8.74. The van der Waals surface area contributed by atoms with E-state index < -0.39 is 17.4 Å². The number of aliphatic hydroxyl groups is 1. The Labute approximate surface area is 185 Å². The van der Waals surface area contributed by atoms with Gasteiger partial charge in [-0.25, -0.2) is 0 Å². The van der Waals surface area contributed by atoms with Crippen molar-refractivity contribution in [3.8, 4) is 5.75 Å². The van der Waals surface area contributed by atoms with Crippen molar-refractivity contribution in [2.24, 2.45) is 5.92 Å². The Kier molecular flexibility index (Phi) is 6.48. The maximum absolute atomic E-state index is 12.8. The van der Waals surface area contributed by atoms with Crippen LogP contribution in [0.2, 0.25) is 0 Å². The molecular weight excluding hydrogens is 446 g/mol. The zero-order valence-electron chi connectivity index (χ0n) is 17.5. The molecule has 0 fully saturated rings. The summed E-state index contributed by atoms with van der Waals surface area (Å²) < 4.78 is 6.19. The number of halogens is 1. The predicted octanol–water partition coefficient (Wildman–Crippen LogP) is 4.86. The van der Waals surface area contributed by atoms with Crippen LogP contribution in [0.25, 0.3) is 0 Å². The molecule has 158 valence electrons. The van der Waals surface area contributed by atoms with Crippen LogP contribution >= 0.6 is 15.9 Å². The summed E-state index contributed by atoms with van der Waals surface area (Å²) in [5, 5.41) is 14.6. The number of nitrogens with one attached hydrogen (secondary N) is 1. The van der Waals surface area contributed by atoms with Crippen LogP contribution in [0.1, 0.15) is 38.7 Å². The van der Waals surface area contributed by atoms with Crippen molar-refractivity contribution in [3.05, 3.63) is 69.8 Å². The molecule has 0 heterocycles. The van der Waals surface area contributed by atoms with E-state index in [1.54, 1.807) is 26.2 Å². The fourth-order valence-corrected chi connectivity index (χ4v) is 4.63. The Balaban J connectivity index is 2.18. The van der Waals surface area contributed by atoms with E-state index >= 15 is 0 Å². The molecule has 0 aliphatic heterocycles. The number of hydrogen-bond acceptors (Lipinski definition) is 5. The van der Waals surface area contributed by atoms with Gasteiger partial charge in [0.05, 0.1) is 18.6 Å². The number of methoxy groups -OCH3 is 1. The minimum Gasteiger partial charge on any atom is -0.497 e. The third-order valence-electron chi connectivity index (χ3n) is 5.61. The van der Waals surface area contributed by atoms with Crippen molar-refractivity contribution in [1.29, 1.82) is 0 Å². The molecular formula is C24H26BrNO4. The van der Waals surface area contributed by atoms with Crippen LogP contribution in [0.3, 0.4) is 0 Å². The van der Waals surface area contributed by atoms with E-state index in [-0.39, 0.29) is 18.0 Å². The van der Waals surface area contributed by atoms with E-state index in [4.69, 9.17) is 4.74 Å². The van der Waals surface area contributed by atoms with E-state index in [1.807, 2.05) is 36.4 Å². The van der Waals surface area contributed by atoms with Gasteiger partial charge in [-0.3, -0.25) is 9.59 Å². The summed E-state index contributed by atoms with van der Waals surface area (Å²) in [4.78, 5) is 25.5. The molecule has 0 saturated heterocycles. The number of ether oxygens (including phenoxy) is 1. The van der Waals surface area contributed by atoms with Crippen molar-refractivity contribution in [3.63, 3.8) is 0 Å². The predicted molar refractivity (Wildman–Crippen MR) is 121 cm³/mol. The number of ketones is 2. The number of carbonyl (C=O) groups excluding carboxylic acids is 2. The quantitative estimate of drug-likeness (QED) is 0.629. The second-order valence-electron chi connectivity index (χ2n) is 7.95. The summed E-state index contributed by atoms with van der Waals surface area (Å²) in [6, 6.07) is 14.9. The Morgan fingerprint density at radius 3 is 2.20 bits per heavy atom. The molecule has 1 aliphatic rings. The van der Waals surface area contributed by atoms with Gasteiger partial charge in [-0.15, -0.1) is 0 Å². The molecule has 0 bridgehead atoms. The fraction of sp³-hybridized carbons (Fsp3) is 0.333. The van der Waals surface area contributed by atoms with Gasteiger partial charge in [0, 0.05) is 33.8 Å². The normalized spacial score (nSPS) is 23.8. The number of rotatable bonds is 6. The van der Waals surface area contributed by atoms with Gasteiger partial charge in [0.2, 0.25) is 0 Å². The SMILES string of the molecule is COc1ccc([C@@H]2C(C(C)=O)=C(Nc3ccc(Br)cc3)C[C@@](C)(O)[C@@H]2C(C)=O)cc1. The van der Waals surface area contributed by atoms with Gasteiger partial charge in [-0.05, 0) is 62.7 Å². The first-order chi connectivity index (χ1) is 14.1. The lowest BCUT2D eigenvalue weighted by Gasteiger charge is -2.43. The maximum Gasteiger partial charge on any atom is 0.158 e. The van der Waals surface area contributed by atoms with Crippen molar-refractivity contribution in [1.82, 2.24) is 0 Å².